The SMILES string of the molecule is CSCCC(C)N1CCc2[nH]nc(-c3ccc4c(c3)OCO4)c2C1. The van der Waals surface area contributed by atoms with Crippen molar-refractivity contribution in [2.75, 3.05) is 25.3 Å². The van der Waals surface area contributed by atoms with Crippen molar-refractivity contribution in [2.24, 2.45) is 0 Å². The number of nitrogens with zero attached hydrogens (tertiary/aromatic N) is 2. The van der Waals surface area contributed by atoms with Crippen molar-refractivity contribution in [1.29, 1.82) is 0 Å². The molecular formula is C18H23N3O2S. The van der Waals surface area contributed by atoms with Gasteiger partial charge in [0, 0.05) is 42.4 Å². The summed E-state index contributed by atoms with van der Waals surface area (Å²) >= 11 is 1.92. The number of hydrogen-bond donors (Lipinski definition) is 1. The molecule has 5 nitrogen and oxygen atoms in total. The van der Waals surface area contributed by atoms with Gasteiger partial charge in [-0.15, -0.1) is 0 Å². The molecule has 24 heavy (non-hydrogen) atoms. The standard InChI is InChI=1S/C18H23N3O2S/c1-12(6-8-24-2)21-7-5-15-14(10-21)18(20-19-15)13-3-4-16-17(9-13)23-11-22-16/h3-4,9,12H,5-8,10-11H2,1-2H3,(H,19,20). The van der Waals surface area contributed by atoms with Crippen LogP contribution in [0.3, 0.4) is 0 Å². The average Bonchev–Trinajstić information content (AvgIpc) is 3.24. The molecule has 1 aromatic carbocycles. The number of benzene rings is 1. The second kappa shape index (κ2) is 6.69. The maximum Gasteiger partial charge on any atom is 0.231 e. The third-order valence-electron chi connectivity index (χ3n) is 4.97. The van der Waals surface area contributed by atoms with Crippen LogP contribution in [0.1, 0.15) is 24.6 Å². The molecule has 0 radical (unpaired) electrons. The monoisotopic (exact) mass is 345 g/mol. The molecule has 0 aliphatic carbocycles. The molecule has 128 valence electrons. The molecule has 0 saturated heterocycles. The Morgan fingerprint density at radius 1 is 1.33 bits per heavy atom. The predicted octanol–water partition coefficient (Wildman–Crippen LogP) is 3.31. The van der Waals surface area contributed by atoms with E-state index in [1.54, 1.807) is 0 Å². The summed E-state index contributed by atoms with van der Waals surface area (Å²) in [5, 5.41) is 7.84. The van der Waals surface area contributed by atoms with E-state index in [0.29, 0.717) is 12.8 Å². The highest BCUT2D eigenvalue weighted by Crippen LogP contribution is 2.37. The highest BCUT2D eigenvalue weighted by Gasteiger charge is 2.26. The van der Waals surface area contributed by atoms with Crippen molar-refractivity contribution in [3.63, 3.8) is 0 Å². The first-order valence-electron chi connectivity index (χ1n) is 8.45. The summed E-state index contributed by atoms with van der Waals surface area (Å²) in [6.07, 6.45) is 4.44. The van der Waals surface area contributed by atoms with Crippen LogP contribution in [0.25, 0.3) is 11.3 Å². The lowest BCUT2D eigenvalue weighted by molar-refractivity contribution is 0.174. The van der Waals surface area contributed by atoms with Gasteiger partial charge in [-0.1, -0.05) is 0 Å². The van der Waals surface area contributed by atoms with Crippen LogP contribution < -0.4 is 9.47 Å². The largest absolute Gasteiger partial charge is 0.454 e. The number of ether oxygens (including phenoxy) is 2. The van der Waals surface area contributed by atoms with Crippen LogP contribution in [0.2, 0.25) is 0 Å². The number of aromatic nitrogens is 2. The van der Waals surface area contributed by atoms with Gasteiger partial charge in [0.25, 0.3) is 0 Å². The van der Waals surface area contributed by atoms with Crippen LogP contribution in [-0.2, 0) is 13.0 Å². The number of nitrogens with one attached hydrogen (secondary N) is 1. The molecule has 0 amide bonds. The van der Waals surface area contributed by atoms with Crippen molar-refractivity contribution in [2.45, 2.75) is 32.4 Å². The molecule has 2 aliphatic rings. The highest BCUT2D eigenvalue weighted by molar-refractivity contribution is 7.98. The van der Waals surface area contributed by atoms with E-state index >= 15 is 0 Å². The third-order valence-corrected chi connectivity index (χ3v) is 5.62. The van der Waals surface area contributed by atoms with E-state index in [9.17, 15) is 0 Å². The Bertz CT molecular complexity index is 731. The van der Waals surface area contributed by atoms with Gasteiger partial charge in [-0.25, -0.2) is 0 Å². The van der Waals surface area contributed by atoms with E-state index in [0.717, 1.165) is 42.3 Å². The fourth-order valence-corrected chi connectivity index (χ4v) is 4.02. The number of H-pyrrole nitrogens is 1. The normalized spacial score (nSPS) is 17.8. The summed E-state index contributed by atoms with van der Waals surface area (Å²) in [4.78, 5) is 2.57. The fraction of sp³-hybridized carbons (Fsp3) is 0.500. The molecular weight excluding hydrogens is 322 g/mol. The average molecular weight is 345 g/mol. The van der Waals surface area contributed by atoms with Crippen LogP contribution >= 0.6 is 11.8 Å². The minimum atomic E-state index is 0.304. The van der Waals surface area contributed by atoms with Gasteiger partial charge in [-0.3, -0.25) is 10.00 Å². The molecule has 1 N–H and O–H groups in total. The molecule has 1 unspecified atom stereocenters. The zero-order chi connectivity index (χ0) is 16.5. The summed E-state index contributed by atoms with van der Waals surface area (Å²) in [7, 11) is 0. The van der Waals surface area contributed by atoms with Crippen LogP contribution in [-0.4, -0.2) is 46.5 Å². The Morgan fingerprint density at radius 2 is 2.21 bits per heavy atom. The lowest BCUT2D eigenvalue weighted by atomic mass is 9.99. The van der Waals surface area contributed by atoms with Gasteiger partial charge in [0.15, 0.2) is 11.5 Å². The molecule has 1 aromatic heterocycles. The molecule has 0 bridgehead atoms. The Morgan fingerprint density at radius 3 is 3.08 bits per heavy atom. The summed E-state index contributed by atoms with van der Waals surface area (Å²) in [5.41, 5.74) is 4.74. The fourth-order valence-electron chi connectivity index (χ4n) is 3.45. The number of thioether (sulfide) groups is 1. The van der Waals surface area contributed by atoms with Gasteiger partial charge < -0.3 is 9.47 Å². The van der Waals surface area contributed by atoms with Crippen LogP contribution in [0.15, 0.2) is 18.2 Å². The molecule has 3 heterocycles. The molecule has 0 saturated carbocycles. The number of rotatable bonds is 5. The zero-order valence-electron chi connectivity index (χ0n) is 14.2. The number of aromatic amines is 1. The smallest absolute Gasteiger partial charge is 0.231 e. The molecule has 2 aromatic rings. The predicted molar refractivity (Wildman–Crippen MR) is 96.7 cm³/mol. The van der Waals surface area contributed by atoms with Gasteiger partial charge in [-0.2, -0.15) is 16.9 Å². The zero-order valence-corrected chi connectivity index (χ0v) is 15.0. The van der Waals surface area contributed by atoms with Gasteiger partial charge >= 0.3 is 0 Å². The van der Waals surface area contributed by atoms with Gasteiger partial charge in [0.2, 0.25) is 6.79 Å². The Hall–Kier alpha value is -1.66. The van der Waals surface area contributed by atoms with Gasteiger partial charge in [-0.05, 0) is 43.6 Å². The Balaban J connectivity index is 1.58. The molecule has 2 aliphatic heterocycles. The van der Waals surface area contributed by atoms with Gasteiger partial charge in [0.1, 0.15) is 0 Å². The van der Waals surface area contributed by atoms with Crippen LogP contribution in [0.5, 0.6) is 11.5 Å². The summed E-state index contributed by atoms with van der Waals surface area (Å²) < 4.78 is 10.9. The van der Waals surface area contributed by atoms with Crippen molar-refractivity contribution in [1.82, 2.24) is 15.1 Å². The lowest BCUT2D eigenvalue weighted by Gasteiger charge is -2.32. The van der Waals surface area contributed by atoms with E-state index in [4.69, 9.17) is 9.47 Å². The second-order valence-corrected chi connectivity index (χ2v) is 7.43. The first-order valence-corrected chi connectivity index (χ1v) is 9.84. The topological polar surface area (TPSA) is 50.4 Å². The van der Waals surface area contributed by atoms with Crippen LogP contribution in [0, 0.1) is 0 Å². The maximum atomic E-state index is 5.51. The molecule has 4 rings (SSSR count). The second-order valence-electron chi connectivity index (χ2n) is 6.45. The van der Waals surface area contributed by atoms with E-state index in [1.807, 2.05) is 23.9 Å². The van der Waals surface area contributed by atoms with E-state index in [1.165, 1.54) is 23.4 Å². The third kappa shape index (κ3) is 2.89. The van der Waals surface area contributed by atoms with E-state index in [2.05, 4.69) is 34.3 Å². The molecule has 6 heteroatoms. The van der Waals surface area contributed by atoms with Crippen molar-refractivity contribution < 1.29 is 9.47 Å². The minimum Gasteiger partial charge on any atom is -0.454 e. The molecule has 1 atom stereocenters. The Labute approximate surface area is 146 Å². The maximum absolute atomic E-state index is 5.51. The van der Waals surface area contributed by atoms with Crippen molar-refractivity contribution >= 4 is 11.8 Å². The van der Waals surface area contributed by atoms with Crippen LogP contribution in [0.4, 0.5) is 0 Å². The van der Waals surface area contributed by atoms with E-state index < -0.39 is 0 Å². The minimum absolute atomic E-state index is 0.304. The number of hydrogen-bond acceptors (Lipinski definition) is 5. The quantitative estimate of drug-likeness (QED) is 0.901. The Kier molecular flexibility index (Phi) is 4.41. The summed E-state index contributed by atoms with van der Waals surface area (Å²) in [6, 6.07) is 6.68. The van der Waals surface area contributed by atoms with E-state index in [-0.39, 0.29) is 0 Å². The summed E-state index contributed by atoms with van der Waals surface area (Å²) in [5.74, 6) is 2.84. The van der Waals surface area contributed by atoms with Crippen molar-refractivity contribution in [3.05, 3.63) is 29.5 Å². The highest BCUT2D eigenvalue weighted by atomic mass is 32.2. The first kappa shape index (κ1) is 15.8. The first-order chi connectivity index (χ1) is 11.8. The lowest BCUT2D eigenvalue weighted by Crippen LogP contribution is -2.37. The van der Waals surface area contributed by atoms with Gasteiger partial charge in [0.05, 0.1) is 5.69 Å². The van der Waals surface area contributed by atoms with Crippen molar-refractivity contribution in [3.8, 4) is 22.8 Å². The molecule has 0 spiro atoms. The summed E-state index contributed by atoms with van der Waals surface area (Å²) in [6.45, 7) is 4.70. The molecule has 0 fully saturated rings. The number of fused-ring (bicyclic) bond motifs is 2.